The van der Waals surface area contributed by atoms with Gasteiger partial charge < -0.3 is 4.74 Å². The van der Waals surface area contributed by atoms with Crippen LogP contribution >= 0.6 is 34.9 Å². The molecule has 3 aromatic rings. The van der Waals surface area contributed by atoms with Gasteiger partial charge in [0.2, 0.25) is 0 Å². The number of benzene rings is 1. The Balaban J connectivity index is 1.94. The highest BCUT2D eigenvalue weighted by Crippen LogP contribution is 2.32. The first-order valence-corrected chi connectivity index (χ1v) is 10.5. The van der Waals surface area contributed by atoms with Gasteiger partial charge >= 0.3 is 5.97 Å². The van der Waals surface area contributed by atoms with E-state index in [1.807, 2.05) is 31.2 Å². The molecule has 0 radical (unpaired) electrons. The SMILES string of the molecule is CCSc1nnc(SCc2nc3ccccc3c(C)c2C(=O)OC)s1. The molecule has 0 bridgehead atoms. The van der Waals surface area contributed by atoms with Gasteiger partial charge in [-0.2, -0.15) is 0 Å². The lowest BCUT2D eigenvalue weighted by Gasteiger charge is -2.12. The monoisotopic (exact) mass is 391 g/mol. The molecule has 2 heterocycles. The Bertz CT molecular complexity index is 911. The number of carbonyl (C=O) groups is 1. The maximum atomic E-state index is 12.3. The van der Waals surface area contributed by atoms with Gasteiger partial charge in [-0.05, 0) is 24.3 Å². The van der Waals surface area contributed by atoms with Gasteiger partial charge in [0, 0.05) is 11.1 Å². The third kappa shape index (κ3) is 3.96. The van der Waals surface area contributed by atoms with Crippen LogP contribution in [0.3, 0.4) is 0 Å². The number of rotatable bonds is 6. The van der Waals surface area contributed by atoms with Gasteiger partial charge in [-0.1, -0.05) is 60.0 Å². The Hall–Kier alpha value is -1.64. The van der Waals surface area contributed by atoms with Crippen LogP contribution in [0.15, 0.2) is 32.9 Å². The van der Waals surface area contributed by atoms with Crippen molar-refractivity contribution >= 4 is 51.7 Å². The fourth-order valence-corrected chi connectivity index (χ4v) is 5.34. The molecule has 0 N–H and O–H groups in total. The minimum Gasteiger partial charge on any atom is -0.465 e. The molecule has 0 saturated carbocycles. The molecule has 0 spiro atoms. The van der Waals surface area contributed by atoms with Crippen molar-refractivity contribution in [3.8, 4) is 0 Å². The standard InChI is InChI=1S/C17H17N3O2S3/c1-4-23-16-19-20-17(25-16)24-9-13-14(15(21)22-3)10(2)11-7-5-6-8-12(11)18-13/h5-8H,4,9H2,1-3H3. The normalized spacial score (nSPS) is 11.0. The van der Waals surface area contributed by atoms with Crippen molar-refractivity contribution in [3.05, 3.63) is 41.1 Å². The van der Waals surface area contributed by atoms with Crippen molar-refractivity contribution in [2.75, 3.05) is 12.9 Å². The van der Waals surface area contributed by atoms with Crippen LogP contribution in [0, 0.1) is 6.92 Å². The second-order valence-electron chi connectivity index (χ2n) is 5.12. The molecule has 0 aliphatic rings. The van der Waals surface area contributed by atoms with Crippen LogP contribution in [0.4, 0.5) is 0 Å². The fraction of sp³-hybridized carbons (Fsp3) is 0.294. The number of fused-ring (bicyclic) bond motifs is 1. The number of hydrogen-bond donors (Lipinski definition) is 0. The maximum Gasteiger partial charge on any atom is 0.340 e. The van der Waals surface area contributed by atoms with Crippen LogP contribution in [-0.4, -0.2) is 34.0 Å². The fourth-order valence-electron chi connectivity index (χ4n) is 2.49. The smallest absolute Gasteiger partial charge is 0.340 e. The van der Waals surface area contributed by atoms with E-state index in [4.69, 9.17) is 9.72 Å². The van der Waals surface area contributed by atoms with E-state index in [9.17, 15) is 4.79 Å². The first-order valence-electron chi connectivity index (χ1n) is 7.69. The number of nitrogens with zero attached hydrogens (tertiary/aromatic N) is 3. The molecule has 0 amide bonds. The summed E-state index contributed by atoms with van der Waals surface area (Å²) in [7, 11) is 1.40. The van der Waals surface area contributed by atoms with Crippen molar-refractivity contribution in [2.45, 2.75) is 28.3 Å². The summed E-state index contributed by atoms with van der Waals surface area (Å²) in [6.07, 6.45) is 0. The Labute approximate surface area is 158 Å². The third-order valence-corrected chi connectivity index (χ3v) is 6.69. The van der Waals surface area contributed by atoms with Gasteiger partial charge in [0.1, 0.15) is 0 Å². The van der Waals surface area contributed by atoms with Gasteiger partial charge in [0.05, 0.1) is 23.9 Å². The first-order chi connectivity index (χ1) is 12.1. The van der Waals surface area contributed by atoms with Crippen molar-refractivity contribution in [2.24, 2.45) is 0 Å². The maximum absolute atomic E-state index is 12.3. The Morgan fingerprint density at radius 3 is 2.64 bits per heavy atom. The zero-order chi connectivity index (χ0) is 17.8. The molecule has 2 aromatic heterocycles. The Kier molecular flexibility index (Phi) is 5.93. The summed E-state index contributed by atoms with van der Waals surface area (Å²) < 4.78 is 6.81. The van der Waals surface area contributed by atoms with Crippen molar-refractivity contribution in [1.29, 1.82) is 0 Å². The summed E-state index contributed by atoms with van der Waals surface area (Å²) in [5.74, 6) is 1.16. The number of hydrogen-bond acceptors (Lipinski definition) is 8. The van der Waals surface area contributed by atoms with E-state index < -0.39 is 0 Å². The number of pyridine rings is 1. The zero-order valence-corrected chi connectivity index (χ0v) is 16.6. The van der Waals surface area contributed by atoms with E-state index >= 15 is 0 Å². The predicted molar refractivity (Wildman–Crippen MR) is 104 cm³/mol. The molecule has 0 unspecified atom stereocenters. The minimum absolute atomic E-state index is 0.356. The van der Waals surface area contributed by atoms with Gasteiger partial charge in [0.25, 0.3) is 0 Å². The summed E-state index contributed by atoms with van der Waals surface area (Å²) in [5, 5.41) is 9.32. The minimum atomic E-state index is -0.356. The van der Waals surface area contributed by atoms with Gasteiger partial charge in [-0.15, -0.1) is 10.2 Å². The van der Waals surface area contributed by atoms with Crippen LogP contribution in [0.1, 0.15) is 28.5 Å². The van der Waals surface area contributed by atoms with Gasteiger partial charge in [-0.3, -0.25) is 4.98 Å². The van der Waals surface area contributed by atoms with Crippen LogP contribution in [0.25, 0.3) is 10.9 Å². The van der Waals surface area contributed by atoms with E-state index in [-0.39, 0.29) is 5.97 Å². The molecule has 0 aliphatic heterocycles. The number of aryl methyl sites for hydroxylation is 1. The lowest BCUT2D eigenvalue weighted by molar-refractivity contribution is 0.0598. The van der Waals surface area contributed by atoms with Crippen LogP contribution < -0.4 is 0 Å². The number of thioether (sulfide) groups is 2. The highest BCUT2D eigenvalue weighted by molar-refractivity contribution is 8.02. The Morgan fingerprint density at radius 2 is 1.92 bits per heavy atom. The summed E-state index contributed by atoms with van der Waals surface area (Å²) in [6, 6.07) is 7.82. The van der Waals surface area contributed by atoms with Crippen LogP contribution in [0.5, 0.6) is 0 Å². The third-order valence-electron chi connectivity index (χ3n) is 3.60. The number of aromatic nitrogens is 3. The number of carbonyl (C=O) groups excluding carboxylic acids is 1. The van der Waals surface area contributed by atoms with E-state index in [1.165, 1.54) is 7.11 Å². The topological polar surface area (TPSA) is 65.0 Å². The van der Waals surface area contributed by atoms with Crippen molar-refractivity contribution < 1.29 is 9.53 Å². The number of esters is 1. The number of methoxy groups -OCH3 is 1. The quantitative estimate of drug-likeness (QED) is 0.450. The average molecular weight is 392 g/mol. The van der Waals surface area contributed by atoms with E-state index in [0.29, 0.717) is 17.0 Å². The van der Waals surface area contributed by atoms with Gasteiger partial charge in [0.15, 0.2) is 8.68 Å². The molecule has 130 valence electrons. The molecule has 3 rings (SSSR count). The Morgan fingerprint density at radius 1 is 1.20 bits per heavy atom. The van der Waals surface area contributed by atoms with Crippen molar-refractivity contribution in [1.82, 2.24) is 15.2 Å². The lowest BCUT2D eigenvalue weighted by atomic mass is 10.0. The lowest BCUT2D eigenvalue weighted by Crippen LogP contribution is -2.10. The molecule has 25 heavy (non-hydrogen) atoms. The molecule has 8 heteroatoms. The summed E-state index contributed by atoms with van der Waals surface area (Å²) in [6.45, 7) is 4.02. The van der Waals surface area contributed by atoms with Crippen LogP contribution in [0.2, 0.25) is 0 Å². The largest absolute Gasteiger partial charge is 0.465 e. The molecule has 5 nitrogen and oxygen atoms in total. The molecule has 0 fully saturated rings. The average Bonchev–Trinajstić information content (AvgIpc) is 3.07. The van der Waals surface area contributed by atoms with Crippen LogP contribution in [-0.2, 0) is 10.5 Å². The zero-order valence-electron chi connectivity index (χ0n) is 14.1. The highest BCUT2D eigenvalue weighted by atomic mass is 32.2. The number of ether oxygens (including phenoxy) is 1. The van der Waals surface area contributed by atoms with E-state index in [1.54, 1.807) is 34.9 Å². The summed E-state index contributed by atoms with van der Waals surface area (Å²) in [4.78, 5) is 17.0. The highest BCUT2D eigenvalue weighted by Gasteiger charge is 2.20. The predicted octanol–water partition coefficient (Wildman–Crippen LogP) is 4.59. The molecule has 1 aromatic carbocycles. The van der Waals surface area contributed by atoms with E-state index in [2.05, 4.69) is 17.1 Å². The summed E-state index contributed by atoms with van der Waals surface area (Å²) in [5.41, 5.74) is 3.03. The second kappa shape index (κ2) is 8.16. The molecular formula is C17H17N3O2S3. The number of para-hydroxylation sites is 1. The molecule has 0 saturated heterocycles. The van der Waals surface area contributed by atoms with Crippen molar-refractivity contribution in [3.63, 3.8) is 0 Å². The molecular weight excluding hydrogens is 374 g/mol. The molecule has 0 atom stereocenters. The van der Waals surface area contributed by atoms with E-state index in [0.717, 1.165) is 30.9 Å². The second-order valence-corrected chi connectivity index (χ2v) is 8.83. The van der Waals surface area contributed by atoms with Gasteiger partial charge in [-0.25, -0.2) is 4.79 Å². The molecule has 0 aliphatic carbocycles. The first kappa shape index (κ1) is 18.2. The summed E-state index contributed by atoms with van der Waals surface area (Å²) >= 11 is 4.78.